The average Bonchev–Trinajstić information content (AvgIpc) is 2.91. The number of nitrogens with one attached hydrogen (secondary N) is 1. The van der Waals surface area contributed by atoms with Crippen molar-refractivity contribution in [2.45, 2.75) is 19.6 Å². The molecule has 6 nitrogen and oxygen atoms in total. The van der Waals surface area contributed by atoms with Crippen molar-refractivity contribution >= 4 is 0 Å². The summed E-state index contributed by atoms with van der Waals surface area (Å²) in [6, 6.07) is 5.18. The molecule has 0 aromatic carbocycles. The summed E-state index contributed by atoms with van der Waals surface area (Å²) in [7, 11) is 1.68. The number of aryl methyl sites for hydroxylation is 2. The van der Waals surface area contributed by atoms with Crippen LogP contribution in [0.15, 0.2) is 41.7 Å². The van der Waals surface area contributed by atoms with Gasteiger partial charge in [-0.1, -0.05) is 6.07 Å². The van der Waals surface area contributed by atoms with E-state index in [9.17, 15) is 4.79 Å². The van der Waals surface area contributed by atoms with Crippen LogP contribution in [-0.2, 0) is 24.4 Å². The van der Waals surface area contributed by atoms with Crippen molar-refractivity contribution in [2.75, 3.05) is 20.3 Å². The van der Waals surface area contributed by atoms with Crippen LogP contribution in [0.5, 0.6) is 0 Å². The molecule has 0 spiro atoms. The molecule has 6 heteroatoms. The number of pyridine rings is 1. The molecule has 0 aliphatic rings. The Balaban J connectivity index is 1.81. The van der Waals surface area contributed by atoms with E-state index in [1.165, 1.54) is 0 Å². The van der Waals surface area contributed by atoms with Crippen LogP contribution in [0.1, 0.15) is 5.69 Å². The van der Waals surface area contributed by atoms with Gasteiger partial charge in [-0.05, 0) is 6.07 Å². The SMILES string of the molecule is COCCNCc1cn(CCn2ccccc2=O)cn1. The number of nitrogens with zero attached hydrogens (tertiary/aromatic N) is 3. The molecule has 0 amide bonds. The highest BCUT2D eigenvalue weighted by molar-refractivity contribution is 4.97. The van der Waals surface area contributed by atoms with Crippen LogP contribution in [0, 0.1) is 0 Å². The van der Waals surface area contributed by atoms with Gasteiger partial charge in [-0.15, -0.1) is 0 Å². The lowest BCUT2D eigenvalue weighted by atomic mass is 10.4. The molecule has 2 aromatic rings. The Kier molecular flexibility index (Phi) is 5.52. The van der Waals surface area contributed by atoms with Crippen LogP contribution in [0.25, 0.3) is 0 Å². The molecule has 0 saturated heterocycles. The summed E-state index contributed by atoms with van der Waals surface area (Å²) in [6.45, 7) is 3.60. The minimum absolute atomic E-state index is 0.0223. The number of rotatable bonds is 8. The third-order valence-electron chi connectivity index (χ3n) is 2.97. The highest BCUT2D eigenvalue weighted by Crippen LogP contribution is 1.97. The molecule has 2 rings (SSSR count). The Morgan fingerprint density at radius 1 is 1.35 bits per heavy atom. The first-order valence-electron chi connectivity index (χ1n) is 6.65. The normalized spacial score (nSPS) is 10.8. The van der Waals surface area contributed by atoms with Gasteiger partial charge in [-0.3, -0.25) is 4.79 Å². The van der Waals surface area contributed by atoms with Crippen molar-refractivity contribution < 1.29 is 4.74 Å². The Morgan fingerprint density at radius 3 is 3.05 bits per heavy atom. The van der Waals surface area contributed by atoms with E-state index in [1.54, 1.807) is 36.3 Å². The number of hydrogen-bond donors (Lipinski definition) is 1. The largest absolute Gasteiger partial charge is 0.383 e. The minimum atomic E-state index is 0.0223. The number of ether oxygens (including phenoxy) is 1. The second-order valence-corrected chi connectivity index (χ2v) is 4.50. The summed E-state index contributed by atoms with van der Waals surface area (Å²) >= 11 is 0. The topological polar surface area (TPSA) is 61.1 Å². The van der Waals surface area contributed by atoms with E-state index in [1.807, 2.05) is 16.8 Å². The molecule has 0 aliphatic carbocycles. The summed E-state index contributed by atoms with van der Waals surface area (Å²) in [5.41, 5.74) is 1.01. The summed E-state index contributed by atoms with van der Waals surface area (Å²) < 4.78 is 8.65. The van der Waals surface area contributed by atoms with Gasteiger partial charge < -0.3 is 19.2 Å². The third kappa shape index (κ3) is 4.32. The quantitative estimate of drug-likeness (QED) is 0.713. The molecule has 0 unspecified atom stereocenters. The molecule has 20 heavy (non-hydrogen) atoms. The molecule has 0 saturated carbocycles. The Bertz CT molecular complexity index is 576. The zero-order chi connectivity index (χ0) is 14.2. The minimum Gasteiger partial charge on any atom is -0.383 e. The van der Waals surface area contributed by atoms with E-state index >= 15 is 0 Å². The van der Waals surface area contributed by atoms with E-state index < -0.39 is 0 Å². The summed E-state index contributed by atoms with van der Waals surface area (Å²) in [5.74, 6) is 0. The number of methoxy groups -OCH3 is 1. The first kappa shape index (κ1) is 14.5. The average molecular weight is 276 g/mol. The lowest BCUT2D eigenvalue weighted by Gasteiger charge is -2.05. The van der Waals surface area contributed by atoms with Gasteiger partial charge in [0.1, 0.15) is 0 Å². The zero-order valence-electron chi connectivity index (χ0n) is 11.7. The molecule has 2 heterocycles. The van der Waals surface area contributed by atoms with Crippen LogP contribution in [0.4, 0.5) is 0 Å². The van der Waals surface area contributed by atoms with Gasteiger partial charge >= 0.3 is 0 Å². The second-order valence-electron chi connectivity index (χ2n) is 4.50. The van der Waals surface area contributed by atoms with E-state index in [4.69, 9.17) is 4.74 Å². The van der Waals surface area contributed by atoms with Crippen LogP contribution in [0.2, 0.25) is 0 Å². The number of hydrogen-bond acceptors (Lipinski definition) is 4. The van der Waals surface area contributed by atoms with E-state index in [0.717, 1.165) is 25.3 Å². The number of aromatic nitrogens is 3. The summed E-state index contributed by atoms with van der Waals surface area (Å²) in [6.07, 6.45) is 5.58. The maximum absolute atomic E-state index is 11.6. The maximum atomic E-state index is 11.6. The number of imidazole rings is 1. The molecule has 2 aromatic heterocycles. The van der Waals surface area contributed by atoms with Crippen molar-refractivity contribution in [3.05, 3.63) is 53.0 Å². The molecule has 108 valence electrons. The fraction of sp³-hybridized carbons (Fsp3) is 0.429. The van der Waals surface area contributed by atoms with Gasteiger partial charge in [0.2, 0.25) is 0 Å². The Hall–Kier alpha value is -1.92. The van der Waals surface area contributed by atoms with Gasteiger partial charge in [-0.2, -0.15) is 0 Å². The predicted octanol–water partition coefficient (Wildman–Crippen LogP) is 0.481. The van der Waals surface area contributed by atoms with Crippen molar-refractivity contribution in [3.63, 3.8) is 0 Å². The van der Waals surface area contributed by atoms with Crippen LogP contribution >= 0.6 is 0 Å². The molecule has 0 bridgehead atoms. The van der Waals surface area contributed by atoms with Gasteiger partial charge in [-0.25, -0.2) is 4.98 Å². The molecular formula is C14H20N4O2. The first-order valence-corrected chi connectivity index (χ1v) is 6.65. The maximum Gasteiger partial charge on any atom is 0.250 e. The lowest BCUT2D eigenvalue weighted by molar-refractivity contribution is 0.199. The zero-order valence-corrected chi connectivity index (χ0v) is 11.7. The van der Waals surface area contributed by atoms with Crippen LogP contribution in [0.3, 0.4) is 0 Å². The highest BCUT2D eigenvalue weighted by atomic mass is 16.5. The molecule has 1 N–H and O–H groups in total. The van der Waals surface area contributed by atoms with Crippen molar-refractivity contribution in [3.8, 4) is 0 Å². The van der Waals surface area contributed by atoms with Crippen molar-refractivity contribution in [1.82, 2.24) is 19.4 Å². The Morgan fingerprint density at radius 2 is 2.25 bits per heavy atom. The smallest absolute Gasteiger partial charge is 0.250 e. The van der Waals surface area contributed by atoms with E-state index in [0.29, 0.717) is 13.2 Å². The molecular weight excluding hydrogens is 256 g/mol. The van der Waals surface area contributed by atoms with Gasteiger partial charge in [0.05, 0.1) is 18.6 Å². The highest BCUT2D eigenvalue weighted by Gasteiger charge is 1.99. The van der Waals surface area contributed by atoms with E-state index in [-0.39, 0.29) is 5.56 Å². The summed E-state index contributed by atoms with van der Waals surface area (Å²) in [4.78, 5) is 15.9. The van der Waals surface area contributed by atoms with Gasteiger partial charge in [0.25, 0.3) is 5.56 Å². The van der Waals surface area contributed by atoms with Crippen LogP contribution in [-0.4, -0.2) is 34.4 Å². The fourth-order valence-electron chi connectivity index (χ4n) is 1.88. The van der Waals surface area contributed by atoms with Crippen molar-refractivity contribution in [2.24, 2.45) is 0 Å². The van der Waals surface area contributed by atoms with E-state index in [2.05, 4.69) is 10.3 Å². The monoisotopic (exact) mass is 276 g/mol. The predicted molar refractivity (Wildman–Crippen MR) is 76.5 cm³/mol. The summed E-state index contributed by atoms with van der Waals surface area (Å²) in [5, 5.41) is 3.24. The fourth-order valence-corrected chi connectivity index (χ4v) is 1.88. The third-order valence-corrected chi connectivity index (χ3v) is 2.97. The lowest BCUT2D eigenvalue weighted by Crippen LogP contribution is -2.20. The first-order chi connectivity index (χ1) is 9.79. The molecule has 0 atom stereocenters. The standard InChI is InChI=1S/C14H20N4O2/c1-20-9-5-15-10-13-11-17(12-16-13)7-8-18-6-3-2-4-14(18)19/h2-4,6,11-12,15H,5,7-10H2,1H3. The molecule has 0 radical (unpaired) electrons. The molecule has 0 aliphatic heterocycles. The molecule has 0 fully saturated rings. The van der Waals surface area contributed by atoms with Crippen molar-refractivity contribution in [1.29, 1.82) is 0 Å². The van der Waals surface area contributed by atoms with Gasteiger partial charge in [0.15, 0.2) is 0 Å². The second kappa shape index (κ2) is 7.62. The van der Waals surface area contributed by atoms with Crippen LogP contribution < -0.4 is 10.9 Å². The Labute approximate surface area is 118 Å². The van der Waals surface area contributed by atoms with Gasteiger partial charge in [0, 0.05) is 51.7 Å².